The molecule has 0 aliphatic carbocycles. The van der Waals surface area contributed by atoms with Gasteiger partial charge < -0.3 is 9.88 Å². The molecule has 0 amide bonds. The summed E-state index contributed by atoms with van der Waals surface area (Å²) < 4.78 is 2.18. The summed E-state index contributed by atoms with van der Waals surface area (Å²) in [6, 6.07) is 4.89. The van der Waals surface area contributed by atoms with E-state index in [0.29, 0.717) is 6.04 Å². The molecule has 1 aromatic heterocycles. The average molecular weight is 176 g/mol. The van der Waals surface area contributed by atoms with Crippen LogP contribution in [0.5, 0.6) is 0 Å². The third kappa shape index (κ3) is 1.68. The van der Waals surface area contributed by atoms with Crippen molar-refractivity contribution in [2.24, 2.45) is 7.05 Å². The van der Waals surface area contributed by atoms with Gasteiger partial charge in [-0.2, -0.15) is 0 Å². The molecule has 1 aliphatic rings. The van der Waals surface area contributed by atoms with E-state index in [-0.39, 0.29) is 0 Å². The van der Waals surface area contributed by atoms with Gasteiger partial charge in [-0.05, 0) is 31.1 Å². The van der Waals surface area contributed by atoms with Gasteiger partial charge in [0.1, 0.15) is 0 Å². The van der Waals surface area contributed by atoms with Crippen molar-refractivity contribution in [3.8, 4) is 0 Å². The van der Waals surface area contributed by atoms with Crippen LogP contribution in [0.4, 0.5) is 0 Å². The summed E-state index contributed by atoms with van der Waals surface area (Å²) in [6.45, 7) is 3.23. The molecule has 0 bridgehead atoms. The molecule has 0 spiro atoms. The van der Waals surface area contributed by atoms with E-state index in [9.17, 15) is 0 Å². The highest BCUT2D eigenvalue weighted by Gasteiger charge is 2.12. The second-order valence-electron chi connectivity index (χ2n) is 3.75. The molecule has 0 fully saturated rings. The zero-order chi connectivity index (χ0) is 9.26. The summed E-state index contributed by atoms with van der Waals surface area (Å²) in [4.78, 5) is 0. The maximum Gasteiger partial charge on any atom is 0.0434 e. The molecule has 1 aromatic rings. The fraction of sp³-hybridized carbons (Fsp3) is 0.455. The summed E-state index contributed by atoms with van der Waals surface area (Å²) in [5, 5.41) is 3.41. The van der Waals surface area contributed by atoms with Gasteiger partial charge in [0.15, 0.2) is 0 Å². The topological polar surface area (TPSA) is 17.0 Å². The van der Waals surface area contributed by atoms with Gasteiger partial charge in [0.25, 0.3) is 0 Å². The van der Waals surface area contributed by atoms with Gasteiger partial charge >= 0.3 is 0 Å². The molecule has 2 nitrogen and oxygen atoms in total. The van der Waals surface area contributed by atoms with Crippen molar-refractivity contribution in [3.63, 3.8) is 0 Å². The monoisotopic (exact) mass is 176 g/mol. The minimum atomic E-state index is 0.606. The van der Waals surface area contributed by atoms with Gasteiger partial charge in [-0.15, -0.1) is 0 Å². The predicted molar refractivity (Wildman–Crippen MR) is 55.5 cm³/mol. The fourth-order valence-corrected chi connectivity index (χ4v) is 1.87. The second-order valence-corrected chi connectivity index (χ2v) is 3.75. The Hall–Kier alpha value is -1.02. The number of nitrogens with zero attached hydrogens (tertiary/aromatic N) is 1. The van der Waals surface area contributed by atoms with Crippen LogP contribution in [0.15, 0.2) is 24.4 Å². The Morgan fingerprint density at radius 2 is 2.38 bits per heavy atom. The maximum absolute atomic E-state index is 3.41. The van der Waals surface area contributed by atoms with E-state index < -0.39 is 0 Å². The first-order valence-corrected chi connectivity index (χ1v) is 4.81. The van der Waals surface area contributed by atoms with Gasteiger partial charge in [-0.25, -0.2) is 0 Å². The van der Waals surface area contributed by atoms with E-state index in [1.165, 1.54) is 11.3 Å². The third-order valence-corrected chi connectivity index (χ3v) is 2.61. The number of rotatable bonds is 1. The van der Waals surface area contributed by atoms with E-state index in [4.69, 9.17) is 0 Å². The molecular weight excluding hydrogens is 160 g/mol. The van der Waals surface area contributed by atoms with Crippen LogP contribution in [-0.2, 0) is 7.05 Å². The van der Waals surface area contributed by atoms with Crippen LogP contribution in [-0.4, -0.2) is 17.2 Å². The smallest absolute Gasteiger partial charge is 0.0434 e. The number of hydrogen-bond donors (Lipinski definition) is 1. The molecule has 1 N–H and O–H groups in total. The Labute approximate surface area is 79.3 Å². The Morgan fingerprint density at radius 1 is 1.54 bits per heavy atom. The van der Waals surface area contributed by atoms with E-state index in [0.717, 1.165) is 13.0 Å². The highest BCUT2D eigenvalue weighted by molar-refractivity contribution is 5.64. The third-order valence-electron chi connectivity index (χ3n) is 2.61. The molecule has 1 aliphatic heterocycles. The van der Waals surface area contributed by atoms with Crippen LogP contribution < -0.4 is 5.32 Å². The highest BCUT2D eigenvalue weighted by atomic mass is 14.9. The number of aryl methyl sites for hydroxylation is 1. The predicted octanol–water partition coefficient (Wildman–Crippen LogP) is 1.79. The van der Waals surface area contributed by atoms with Crippen molar-refractivity contribution in [2.45, 2.75) is 19.4 Å². The second kappa shape index (κ2) is 3.38. The van der Waals surface area contributed by atoms with Crippen LogP contribution in [0.1, 0.15) is 19.0 Å². The molecule has 1 unspecified atom stereocenters. The van der Waals surface area contributed by atoms with Crippen molar-refractivity contribution in [1.29, 1.82) is 0 Å². The van der Waals surface area contributed by atoms with Crippen molar-refractivity contribution < 1.29 is 0 Å². The fourth-order valence-electron chi connectivity index (χ4n) is 1.87. The van der Waals surface area contributed by atoms with Crippen LogP contribution in [0.2, 0.25) is 0 Å². The molecule has 0 saturated heterocycles. The lowest BCUT2D eigenvalue weighted by atomic mass is 10.0. The van der Waals surface area contributed by atoms with Gasteiger partial charge in [0.2, 0.25) is 0 Å². The van der Waals surface area contributed by atoms with Crippen molar-refractivity contribution in [1.82, 2.24) is 9.88 Å². The quantitative estimate of drug-likeness (QED) is 0.690. The number of nitrogens with one attached hydrogen (secondary N) is 1. The van der Waals surface area contributed by atoms with Crippen molar-refractivity contribution in [3.05, 3.63) is 30.1 Å². The average Bonchev–Trinajstić information content (AvgIpc) is 2.51. The standard InChI is InChI=1S/C11H16N2/c1-9-8-10(5-6-12-9)11-4-3-7-13(11)2/h3-5,7,9,12H,6,8H2,1-2H3. The molecule has 2 rings (SSSR count). The minimum Gasteiger partial charge on any atom is -0.351 e. The zero-order valence-electron chi connectivity index (χ0n) is 8.25. The Balaban J connectivity index is 2.26. The molecule has 0 aromatic carbocycles. The lowest BCUT2D eigenvalue weighted by Gasteiger charge is -2.21. The normalized spacial score (nSPS) is 22.9. The molecule has 0 saturated carbocycles. The summed E-state index contributed by atoms with van der Waals surface area (Å²) in [7, 11) is 2.10. The molecular formula is C11H16N2. The molecule has 13 heavy (non-hydrogen) atoms. The number of aromatic nitrogens is 1. The minimum absolute atomic E-state index is 0.606. The molecule has 0 radical (unpaired) electrons. The summed E-state index contributed by atoms with van der Waals surface area (Å²) in [6.07, 6.45) is 5.52. The van der Waals surface area contributed by atoms with E-state index >= 15 is 0 Å². The lowest BCUT2D eigenvalue weighted by molar-refractivity contribution is 0.577. The zero-order valence-corrected chi connectivity index (χ0v) is 8.25. The summed E-state index contributed by atoms with van der Waals surface area (Å²) in [5.74, 6) is 0. The molecule has 1 atom stereocenters. The first-order chi connectivity index (χ1) is 6.27. The van der Waals surface area contributed by atoms with E-state index in [1.54, 1.807) is 0 Å². The van der Waals surface area contributed by atoms with Crippen molar-refractivity contribution >= 4 is 5.57 Å². The van der Waals surface area contributed by atoms with E-state index in [1.807, 2.05) is 0 Å². The van der Waals surface area contributed by atoms with Gasteiger partial charge in [-0.1, -0.05) is 6.08 Å². The largest absolute Gasteiger partial charge is 0.351 e. The van der Waals surface area contributed by atoms with Gasteiger partial charge in [-0.3, -0.25) is 0 Å². The van der Waals surface area contributed by atoms with Crippen molar-refractivity contribution in [2.75, 3.05) is 6.54 Å². The molecule has 2 heterocycles. The van der Waals surface area contributed by atoms with E-state index in [2.05, 4.69) is 48.3 Å². The SMILES string of the molecule is CC1CC(c2cccn2C)=CCN1. The Bertz CT molecular complexity index is 323. The summed E-state index contributed by atoms with van der Waals surface area (Å²) >= 11 is 0. The summed E-state index contributed by atoms with van der Waals surface area (Å²) in [5.41, 5.74) is 2.83. The van der Waals surface area contributed by atoms with Crippen LogP contribution in [0.3, 0.4) is 0 Å². The first-order valence-electron chi connectivity index (χ1n) is 4.81. The van der Waals surface area contributed by atoms with Gasteiger partial charge in [0, 0.05) is 31.5 Å². The van der Waals surface area contributed by atoms with Crippen LogP contribution in [0.25, 0.3) is 5.57 Å². The van der Waals surface area contributed by atoms with Gasteiger partial charge in [0.05, 0.1) is 0 Å². The molecule has 70 valence electrons. The first kappa shape index (κ1) is 8.57. The highest BCUT2D eigenvalue weighted by Crippen LogP contribution is 2.21. The number of hydrogen-bond acceptors (Lipinski definition) is 1. The molecule has 2 heteroatoms. The lowest BCUT2D eigenvalue weighted by Crippen LogP contribution is -2.30. The van der Waals surface area contributed by atoms with Crippen LogP contribution >= 0.6 is 0 Å². The van der Waals surface area contributed by atoms with Crippen LogP contribution in [0, 0.1) is 0 Å². The Kier molecular flexibility index (Phi) is 2.23. The Morgan fingerprint density at radius 3 is 3.00 bits per heavy atom. The maximum atomic E-state index is 3.41.